The number of halogens is 3. The second-order valence-corrected chi connectivity index (χ2v) is 5.34. The monoisotopic (exact) mass is 289 g/mol. The normalized spacial score (nSPS) is 10.4. The van der Waals surface area contributed by atoms with Gasteiger partial charge in [0.1, 0.15) is 5.15 Å². The number of benzene rings is 1. The molecule has 0 atom stereocenters. The molecule has 0 amide bonds. The fourth-order valence-electron chi connectivity index (χ4n) is 1.13. The molecule has 0 radical (unpaired) electrons. The molecule has 1 aromatic carbocycles. The molecule has 82 valence electrons. The summed E-state index contributed by atoms with van der Waals surface area (Å²) in [6.07, 6.45) is 1.66. The van der Waals surface area contributed by atoms with Gasteiger partial charge in [-0.1, -0.05) is 46.6 Å². The smallest absolute Gasteiger partial charge is 0.130 e. The van der Waals surface area contributed by atoms with E-state index in [-0.39, 0.29) is 0 Å². The number of hydrogen-bond acceptors (Lipinski definition) is 2. The predicted molar refractivity (Wildman–Crippen MR) is 69.8 cm³/mol. The summed E-state index contributed by atoms with van der Waals surface area (Å²) in [6.45, 7) is 0. The van der Waals surface area contributed by atoms with Crippen LogP contribution >= 0.6 is 46.6 Å². The van der Waals surface area contributed by atoms with E-state index < -0.39 is 0 Å². The summed E-state index contributed by atoms with van der Waals surface area (Å²) in [5, 5.41) is 1.72. The van der Waals surface area contributed by atoms with Gasteiger partial charge >= 0.3 is 0 Å². The molecular formula is C11H6Cl3NS. The molecule has 2 aromatic rings. The first kappa shape index (κ1) is 12.1. The van der Waals surface area contributed by atoms with E-state index in [4.69, 9.17) is 34.8 Å². The van der Waals surface area contributed by atoms with E-state index in [1.165, 1.54) is 11.8 Å². The van der Waals surface area contributed by atoms with Crippen LogP contribution in [0.15, 0.2) is 46.3 Å². The second-order valence-electron chi connectivity index (χ2n) is 2.99. The maximum atomic E-state index is 6.07. The van der Waals surface area contributed by atoms with Crippen LogP contribution in [0, 0.1) is 0 Å². The van der Waals surface area contributed by atoms with Gasteiger partial charge in [-0.3, -0.25) is 0 Å². The zero-order valence-electron chi connectivity index (χ0n) is 7.95. The Morgan fingerprint density at radius 1 is 1.00 bits per heavy atom. The Kier molecular flexibility index (Phi) is 3.98. The van der Waals surface area contributed by atoms with Crippen LogP contribution in [0.4, 0.5) is 0 Å². The van der Waals surface area contributed by atoms with E-state index in [0.29, 0.717) is 15.2 Å². The van der Waals surface area contributed by atoms with Gasteiger partial charge in [0, 0.05) is 21.0 Å². The predicted octanol–water partition coefficient (Wildman–Crippen LogP) is 5.19. The summed E-state index contributed by atoms with van der Waals surface area (Å²) in [6, 6.07) is 9.06. The third-order valence-corrected chi connectivity index (χ3v) is 3.75. The van der Waals surface area contributed by atoms with Crippen molar-refractivity contribution < 1.29 is 0 Å². The van der Waals surface area contributed by atoms with Crippen LogP contribution in [0.2, 0.25) is 15.2 Å². The highest BCUT2D eigenvalue weighted by atomic mass is 35.5. The molecule has 1 nitrogen and oxygen atoms in total. The van der Waals surface area contributed by atoms with Crippen LogP contribution in [0.3, 0.4) is 0 Å². The lowest BCUT2D eigenvalue weighted by molar-refractivity contribution is 1.26. The molecule has 5 heteroatoms. The van der Waals surface area contributed by atoms with E-state index in [9.17, 15) is 0 Å². The van der Waals surface area contributed by atoms with Crippen molar-refractivity contribution in [3.63, 3.8) is 0 Å². The maximum absolute atomic E-state index is 6.07. The highest BCUT2D eigenvalue weighted by Gasteiger charge is 2.04. The Morgan fingerprint density at radius 3 is 2.50 bits per heavy atom. The molecule has 0 fully saturated rings. The van der Waals surface area contributed by atoms with Crippen LogP contribution in [0.1, 0.15) is 0 Å². The molecule has 1 heterocycles. The van der Waals surface area contributed by atoms with Crippen molar-refractivity contribution in [1.82, 2.24) is 4.98 Å². The van der Waals surface area contributed by atoms with Crippen LogP contribution < -0.4 is 0 Å². The van der Waals surface area contributed by atoms with Gasteiger partial charge in [-0.25, -0.2) is 4.98 Å². The molecule has 0 spiro atoms. The Labute approximate surface area is 113 Å². The third-order valence-electron chi connectivity index (χ3n) is 1.82. The molecule has 0 N–H and O–H groups in total. The molecule has 0 aliphatic rings. The molecule has 0 bridgehead atoms. The summed E-state index contributed by atoms with van der Waals surface area (Å²) in [5.74, 6) is 0. The molecule has 2 rings (SSSR count). The van der Waals surface area contributed by atoms with Crippen molar-refractivity contribution in [3.05, 3.63) is 51.7 Å². The van der Waals surface area contributed by atoms with Gasteiger partial charge in [-0.2, -0.15) is 0 Å². The van der Waals surface area contributed by atoms with Crippen molar-refractivity contribution >= 4 is 46.6 Å². The minimum absolute atomic E-state index is 0.468. The first-order chi connectivity index (χ1) is 7.65. The molecule has 16 heavy (non-hydrogen) atoms. The Hall–Kier alpha value is -0.410. The largest absolute Gasteiger partial charge is 0.244 e. The lowest BCUT2D eigenvalue weighted by Gasteiger charge is -2.04. The van der Waals surface area contributed by atoms with Gasteiger partial charge in [0.25, 0.3) is 0 Å². The van der Waals surface area contributed by atoms with E-state index >= 15 is 0 Å². The molecule has 1 aromatic heterocycles. The highest BCUT2D eigenvalue weighted by Crippen LogP contribution is 2.35. The number of nitrogens with zero attached hydrogens (tertiary/aromatic N) is 1. The number of hydrogen-bond donors (Lipinski definition) is 0. The van der Waals surface area contributed by atoms with Crippen LogP contribution in [-0.4, -0.2) is 4.98 Å². The Balaban J connectivity index is 2.27. The van der Waals surface area contributed by atoms with Gasteiger partial charge in [-0.15, -0.1) is 0 Å². The quantitative estimate of drug-likeness (QED) is 0.706. The van der Waals surface area contributed by atoms with Crippen molar-refractivity contribution in [1.29, 1.82) is 0 Å². The van der Waals surface area contributed by atoms with Crippen LogP contribution in [-0.2, 0) is 0 Å². The van der Waals surface area contributed by atoms with E-state index in [1.54, 1.807) is 24.4 Å². The average molecular weight is 291 g/mol. The fourth-order valence-corrected chi connectivity index (χ4v) is 2.74. The molecule has 0 saturated heterocycles. The Morgan fingerprint density at radius 2 is 1.81 bits per heavy atom. The van der Waals surface area contributed by atoms with Gasteiger partial charge in [0.2, 0.25) is 0 Å². The van der Waals surface area contributed by atoms with Gasteiger partial charge in [0.05, 0.1) is 5.02 Å². The van der Waals surface area contributed by atoms with Crippen molar-refractivity contribution in [2.45, 2.75) is 9.79 Å². The first-order valence-electron chi connectivity index (χ1n) is 4.39. The molecule has 0 saturated carbocycles. The third kappa shape index (κ3) is 3.05. The Bertz CT molecular complexity index is 516. The lowest BCUT2D eigenvalue weighted by Crippen LogP contribution is -1.78. The molecule has 0 aliphatic heterocycles. The lowest BCUT2D eigenvalue weighted by atomic mass is 10.4. The zero-order chi connectivity index (χ0) is 11.5. The molecular weight excluding hydrogens is 285 g/mol. The minimum Gasteiger partial charge on any atom is -0.244 e. The first-order valence-corrected chi connectivity index (χ1v) is 6.34. The SMILES string of the molecule is Clc1ccc(Sc2ccnc(Cl)c2)c(Cl)c1. The highest BCUT2D eigenvalue weighted by molar-refractivity contribution is 7.99. The summed E-state index contributed by atoms with van der Waals surface area (Å²) in [5.41, 5.74) is 0. The van der Waals surface area contributed by atoms with E-state index in [1.807, 2.05) is 12.1 Å². The van der Waals surface area contributed by atoms with E-state index in [0.717, 1.165) is 9.79 Å². The molecule has 0 aliphatic carbocycles. The van der Waals surface area contributed by atoms with E-state index in [2.05, 4.69) is 4.98 Å². The van der Waals surface area contributed by atoms with Gasteiger partial charge in [-0.05, 0) is 30.3 Å². The van der Waals surface area contributed by atoms with Gasteiger partial charge < -0.3 is 0 Å². The summed E-state index contributed by atoms with van der Waals surface area (Å²) in [7, 11) is 0. The maximum Gasteiger partial charge on any atom is 0.130 e. The second kappa shape index (κ2) is 5.28. The summed E-state index contributed by atoms with van der Waals surface area (Å²) < 4.78 is 0. The number of aromatic nitrogens is 1. The van der Waals surface area contributed by atoms with Crippen molar-refractivity contribution in [2.24, 2.45) is 0 Å². The zero-order valence-corrected chi connectivity index (χ0v) is 11.0. The van der Waals surface area contributed by atoms with Crippen molar-refractivity contribution in [2.75, 3.05) is 0 Å². The minimum atomic E-state index is 0.468. The molecule has 0 unspecified atom stereocenters. The van der Waals surface area contributed by atoms with Crippen molar-refractivity contribution in [3.8, 4) is 0 Å². The number of pyridine rings is 1. The summed E-state index contributed by atoms with van der Waals surface area (Å²) >= 11 is 19.2. The van der Waals surface area contributed by atoms with Crippen LogP contribution in [0.5, 0.6) is 0 Å². The average Bonchev–Trinajstić information content (AvgIpc) is 2.22. The summed E-state index contributed by atoms with van der Waals surface area (Å²) in [4.78, 5) is 5.84. The standard InChI is InChI=1S/C11H6Cl3NS/c12-7-1-2-10(9(13)5-7)16-8-3-4-15-11(14)6-8/h1-6H. The van der Waals surface area contributed by atoms with Gasteiger partial charge in [0.15, 0.2) is 0 Å². The van der Waals surface area contributed by atoms with Crippen LogP contribution in [0.25, 0.3) is 0 Å². The topological polar surface area (TPSA) is 12.9 Å². The number of rotatable bonds is 2. The fraction of sp³-hybridized carbons (Fsp3) is 0.